The van der Waals surface area contributed by atoms with Gasteiger partial charge in [0.15, 0.2) is 0 Å². The number of pyridine rings is 1. The molecule has 1 atom stereocenters. The number of benzene rings is 1. The molecule has 21 heavy (non-hydrogen) atoms. The molecule has 0 bridgehead atoms. The van der Waals surface area contributed by atoms with Gasteiger partial charge in [-0.1, -0.05) is 25.1 Å². The van der Waals surface area contributed by atoms with Crippen molar-refractivity contribution >= 4 is 5.69 Å². The molecule has 0 aliphatic heterocycles. The number of nitrogens with two attached hydrogens (primary N) is 1. The van der Waals surface area contributed by atoms with Crippen molar-refractivity contribution in [2.45, 2.75) is 39.8 Å². The van der Waals surface area contributed by atoms with Crippen molar-refractivity contribution in [2.24, 2.45) is 5.73 Å². The number of rotatable bonds is 6. The Kier molecular flexibility index (Phi) is 5.34. The van der Waals surface area contributed by atoms with E-state index >= 15 is 0 Å². The molecule has 2 aromatic rings. The molecule has 2 rings (SSSR count). The van der Waals surface area contributed by atoms with Crippen LogP contribution in [0.4, 0.5) is 5.69 Å². The smallest absolute Gasteiger partial charge is 0.0602 e. The van der Waals surface area contributed by atoms with Crippen LogP contribution in [0, 0.1) is 6.92 Å². The van der Waals surface area contributed by atoms with E-state index in [4.69, 9.17) is 5.73 Å². The molecular formula is C18H25N3. The van der Waals surface area contributed by atoms with Crippen LogP contribution in [0.5, 0.6) is 0 Å². The molecule has 0 aliphatic carbocycles. The second-order valence-corrected chi connectivity index (χ2v) is 5.39. The summed E-state index contributed by atoms with van der Waals surface area (Å²) in [6, 6.07) is 14.9. The predicted molar refractivity (Wildman–Crippen MR) is 89.4 cm³/mol. The second-order valence-electron chi connectivity index (χ2n) is 5.39. The van der Waals surface area contributed by atoms with Gasteiger partial charge in [-0.15, -0.1) is 0 Å². The summed E-state index contributed by atoms with van der Waals surface area (Å²) in [5.74, 6) is 0. The quantitative estimate of drug-likeness (QED) is 0.876. The zero-order chi connectivity index (χ0) is 15.2. The van der Waals surface area contributed by atoms with Crippen molar-refractivity contribution < 1.29 is 0 Å². The molecule has 0 fully saturated rings. The highest BCUT2D eigenvalue weighted by Gasteiger charge is 2.08. The number of aromatic nitrogens is 1. The van der Waals surface area contributed by atoms with E-state index in [0.29, 0.717) is 0 Å². The second kappa shape index (κ2) is 7.23. The lowest BCUT2D eigenvalue weighted by Crippen LogP contribution is -2.22. The zero-order valence-corrected chi connectivity index (χ0v) is 13.2. The Morgan fingerprint density at radius 1 is 1.10 bits per heavy atom. The summed E-state index contributed by atoms with van der Waals surface area (Å²) >= 11 is 0. The van der Waals surface area contributed by atoms with Gasteiger partial charge in [0.1, 0.15) is 0 Å². The Morgan fingerprint density at radius 3 is 2.38 bits per heavy atom. The molecule has 1 aromatic heterocycles. The maximum atomic E-state index is 6.07. The van der Waals surface area contributed by atoms with Crippen molar-refractivity contribution in [1.29, 1.82) is 0 Å². The molecule has 3 nitrogen and oxygen atoms in total. The third kappa shape index (κ3) is 4.05. The first-order valence-corrected chi connectivity index (χ1v) is 7.67. The number of aryl methyl sites for hydroxylation is 1. The molecule has 1 heterocycles. The summed E-state index contributed by atoms with van der Waals surface area (Å²) in [5, 5.41) is 0. The average molecular weight is 283 g/mol. The monoisotopic (exact) mass is 283 g/mol. The highest BCUT2D eigenvalue weighted by atomic mass is 15.1. The number of nitrogens with zero attached hydrogens (tertiary/aromatic N) is 2. The lowest BCUT2D eigenvalue weighted by Gasteiger charge is -2.23. The fourth-order valence-corrected chi connectivity index (χ4v) is 2.44. The Hall–Kier alpha value is -1.87. The third-order valence-electron chi connectivity index (χ3n) is 3.81. The van der Waals surface area contributed by atoms with Crippen LogP contribution >= 0.6 is 0 Å². The topological polar surface area (TPSA) is 42.1 Å². The fourth-order valence-electron chi connectivity index (χ4n) is 2.44. The van der Waals surface area contributed by atoms with Crippen LogP contribution in [-0.4, -0.2) is 11.5 Å². The standard InChI is InChI=1S/C18H25N3/c1-4-18(19)15-9-11-17(12-10-15)21(5-2)13-16-8-6-7-14(3)20-16/h6-12,18H,4-5,13,19H2,1-3H3/t18-/m0/s1. The van der Waals surface area contributed by atoms with E-state index in [0.717, 1.165) is 30.9 Å². The summed E-state index contributed by atoms with van der Waals surface area (Å²) in [6.45, 7) is 8.09. The minimum atomic E-state index is 0.132. The van der Waals surface area contributed by atoms with Gasteiger partial charge in [0.05, 0.1) is 12.2 Å². The Labute approximate surface area is 127 Å². The van der Waals surface area contributed by atoms with Crippen LogP contribution in [0.1, 0.15) is 43.3 Å². The highest BCUT2D eigenvalue weighted by molar-refractivity contribution is 5.48. The largest absolute Gasteiger partial charge is 0.366 e. The third-order valence-corrected chi connectivity index (χ3v) is 3.81. The van der Waals surface area contributed by atoms with E-state index in [1.54, 1.807) is 0 Å². The Balaban J connectivity index is 2.14. The molecule has 0 spiro atoms. The normalized spacial score (nSPS) is 12.2. The minimum Gasteiger partial charge on any atom is -0.366 e. The van der Waals surface area contributed by atoms with Gasteiger partial charge in [-0.25, -0.2) is 0 Å². The summed E-state index contributed by atoms with van der Waals surface area (Å²) < 4.78 is 0. The molecule has 0 unspecified atom stereocenters. The molecule has 1 aromatic carbocycles. The van der Waals surface area contributed by atoms with Crippen molar-refractivity contribution in [3.8, 4) is 0 Å². The van der Waals surface area contributed by atoms with Gasteiger partial charge in [0.2, 0.25) is 0 Å². The van der Waals surface area contributed by atoms with Gasteiger partial charge in [-0.3, -0.25) is 4.98 Å². The van der Waals surface area contributed by atoms with Crippen LogP contribution in [-0.2, 0) is 6.54 Å². The lowest BCUT2D eigenvalue weighted by molar-refractivity contribution is 0.698. The SMILES string of the molecule is CC[C@H](N)c1ccc(N(CC)Cc2cccc(C)n2)cc1. The van der Waals surface area contributed by atoms with Crippen molar-refractivity contribution in [1.82, 2.24) is 4.98 Å². The maximum absolute atomic E-state index is 6.07. The highest BCUT2D eigenvalue weighted by Crippen LogP contribution is 2.21. The van der Waals surface area contributed by atoms with Gasteiger partial charge in [-0.2, -0.15) is 0 Å². The Morgan fingerprint density at radius 2 is 1.81 bits per heavy atom. The van der Waals surface area contributed by atoms with E-state index in [1.807, 2.05) is 13.0 Å². The van der Waals surface area contributed by atoms with Gasteiger partial charge in [0.25, 0.3) is 0 Å². The van der Waals surface area contributed by atoms with E-state index in [1.165, 1.54) is 11.3 Å². The van der Waals surface area contributed by atoms with Crippen molar-refractivity contribution in [3.05, 3.63) is 59.4 Å². The molecule has 0 saturated heterocycles. The van der Waals surface area contributed by atoms with Crippen molar-refractivity contribution in [3.63, 3.8) is 0 Å². The number of hydrogen-bond acceptors (Lipinski definition) is 3. The van der Waals surface area contributed by atoms with Crippen LogP contribution in [0.2, 0.25) is 0 Å². The Bertz CT molecular complexity index is 563. The lowest BCUT2D eigenvalue weighted by atomic mass is 10.1. The van der Waals surface area contributed by atoms with Gasteiger partial charge >= 0.3 is 0 Å². The minimum absolute atomic E-state index is 0.132. The molecule has 2 N–H and O–H groups in total. The molecule has 0 aliphatic rings. The van der Waals surface area contributed by atoms with Crippen LogP contribution in [0.25, 0.3) is 0 Å². The fraction of sp³-hybridized carbons (Fsp3) is 0.389. The van der Waals surface area contributed by atoms with E-state index in [-0.39, 0.29) is 6.04 Å². The van der Waals surface area contributed by atoms with Crippen molar-refractivity contribution in [2.75, 3.05) is 11.4 Å². The van der Waals surface area contributed by atoms with Crippen LogP contribution < -0.4 is 10.6 Å². The molecule has 0 saturated carbocycles. The van der Waals surface area contributed by atoms with E-state index < -0.39 is 0 Å². The summed E-state index contributed by atoms with van der Waals surface area (Å²) in [6.07, 6.45) is 0.962. The van der Waals surface area contributed by atoms with Gasteiger partial charge in [0, 0.05) is 24.0 Å². The zero-order valence-electron chi connectivity index (χ0n) is 13.2. The van der Waals surface area contributed by atoms with E-state index in [2.05, 4.69) is 60.1 Å². The number of hydrogen-bond donors (Lipinski definition) is 1. The summed E-state index contributed by atoms with van der Waals surface area (Å²) in [5.41, 5.74) is 10.7. The first-order chi connectivity index (χ1) is 10.1. The van der Waals surface area contributed by atoms with Gasteiger partial charge < -0.3 is 10.6 Å². The van der Waals surface area contributed by atoms with Crippen LogP contribution in [0.15, 0.2) is 42.5 Å². The predicted octanol–water partition coefficient (Wildman–Crippen LogP) is 3.83. The molecule has 3 heteroatoms. The molecule has 0 radical (unpaired) electrons. The first-order valence-electron chi connectivity index (χ1n) is 7.67. The summed E-state index contributed by atoms with van der Waals surface area (Å²) in [7, 11) is 0. The molecular weight excluding hydrogens is 258 g/mol. The number of anilines is 1. The van der Waals surface area contributed by atoms with Gasteiger partial charge in [-0.05, 0) is 50.1 Å². The first kappa shape index (κ1) is 15.5. The molecule has 112 valence electrons. The van der Waals surface area contributed by atoms with E-state index in [9.17, 15) is 0 Å². The summed E-state index contributed by atoms with van der Waals surface area (Å²) in [4.78, 5) is 6.91. The maximum Gasteiger partial charge on any atom is 0.0602 e. The average Bonchev–Trinajstić information content (AvgIpc) is 2.52. The molecule has 0 amide bonds. The van der Waals surface area contributed by atoms with Crippen LogP contribution in [0.3, 0.4) is 0 Å².